The van der Waals surface area contributed by atoms with Gasteiger partial charge in [0.15, 0.2) is 17.3 Å². The van der Waals surface area contributed by atoms with Crippen molar-refractivity contribution in [2.45, 2.75) is 26.4 Å². The van der Waals surface area contributed by atoms with Crippen LogP contribution in [0.1, 0.15) is 33.5 Å². The molecule has 0 amide bonds. The Morgan fingerprint density at radius 2 is 1.95 bits per heavy atom. The van der Waals surface area contributed by atoms with E-state index in [0.29, 0.717) is 36.1 Å². The molecule has 20 heavy (non-hydrogen) atoms. The second-order valence-corrected chi connectivity index (χ2v) is 5.06. The van der Waals surface area contributed by atoms with Crippen LogP contribution in [0.2, 0.25) is 0 Å². The van der Waals surface area contributed by atoms with Crippen LogP contribution in [-0.4, -0.2) is 5.78 Å². The molecule has 0 bridgehead atoms. The second-order valence-electron chi connectivity index (χ2n) is 5.06. The maximum atomic E-state index is 14.4. The largest absolute Gasteiger partial charge is 0.486 e. The van der Waals surface area contributed by atoms with Crippen LogP contribution in [0.15, 0.2) is 36.4 Å². The number of carbonyl (C=O) groups excluding carboxylic acids is 1. The Morgan fingerprint density at radius 3 is 2.70 bits per heavy atom. The van der Waals surface area contributed by atoms with E-state index in [1.807, 2.05) is 30.3 Å². The standard InChI is InChI=1S/C17H15FO2/c1-11-9-14-13(7-8-15(14)19)16(18)17(11)20-10-12-5-3-2-4-6-12/h2-6,9H,7-8,10H2,1H3. The molecule has 3 heteroatoms. The zero-order valence-corrected chi connectivity index (χ0v) is 11.3. The van der Waals surface area contributed by atoms with Crippen molar-refractivity contribution in [3.63, 3.8) is 0 Å². The number of hydrogen-bond donors (Lipinski definition) is 0. The molecule has 0 aromatic heterocycles. The van der Waals surface area contributed by atoms with E-state index >= 15 is 0 Å². The average Bonchev–Trinajstić information content (AvgIpc) is 2.81. The number of hydrogen-bond acceptors (Lipinski definition) is 2. The summed E-state index contributed by atoms with van der Waals surface area (Å²) in [5.41, 5.74) is 2.69. The summed E-state index contributed by atoms with van der Waals surface area (Å²) >= 11 is 0. The molecule has 2 nitrogen and oxygen atoms in total. The zero-order valence-electron chi connectivity index (χ0n) is 11.3. The number of Topliss-reactive ketones (excluding diaryl/α,β-unsaturated/α-hetero) is 1. The molecule has 0 atom stereocenters. The predicted molar refractivity (Wildman–Crippen MR) is 74.6 cm³/mol. The summed E-state index contributed by atoms with van der Waals surface area (Å²) in [4.78, 5) is 11.7. The van der Waals surface area contributed by atoms with Crippen LogP contribution in [0.5, 0.6) is 5.75 Å². The summed E-state index contributed by atoms with van der Waals surface area (Å²) in [5.74, 6) is -0.0827. The first-order chi connectivity index (χ1) is 9.66. The summed E-state index contributed by atoms with van der Waals surface area (Å²) < 4.78 is 20.1. The summed E-state index contributed by atoms with van der Waals surface area (Å²) in [6.07, 6.45) is 0.871. The Kier molecular flexibility index (Phi) is 3.26. The third-order valence-electron chi connectivity index (χ3n) is 3.64. The molecule has 0 radical (unpaired) electrons. The van der Waals surface area contributed by atoms with Gasteiger partial charge in [-0.15, -0.1) is 0 Å². The third-order valence-corrected chi connectivity index (χ3v) is 3.64. The van der Waals surface area contributed by atoms with Gasteiger partial charge in [0.1, 0.15) is 6.61 Å². The molecule has 0 aliphatic heterocycles. The molecule has 0 fully saturated rings. The fourth-order valence-electron chi connectivity index (χ4n) is 2.57. The van der Waals surface area contributed by atoms with E-state index in [1.165, 1.54) is 0 Å². The van der Waals surface area contributed by atoms with Crippen molar-refractivity contribution in [3.05, 3.63) is 64.5 Å². The highest BCUT2D eigenvalue weighted by Crippen LogP contribution is 2.34. The Labute approximate surface area is 117 Å². The highest BCUT2D eigenvalue weighted by molar-refractivity contribution is 6.00. The first kappa shape index (κ1) is 12.9. The van der Waals surface area contributed by atoms with Crippen LogP contribution in [0.25, 0.3) is 0 Å². The van der Waals surface area contributed by atoms with Crippen LogP contribution < -0.4 is 4.74 Å². The Hall–Kier alpha value is -2.16. The van der Waals surface area contributed by atoms with Gasteiger partial charge in [0.2, 0.25) is 0 Å². The van der Waals surface area contributed by atoms with Crippen LogP contribution >= 0.6 is 0 Å². The summed E-state index contributed by atoms with van der Waals surface area (Å²) in [6, 6.07) is 11.4. The zero-order chi connectivity index (χ0) is 14.1. The number of aryl methyl sites for hydroxylation is 1. The second kappa shape index (κ2) is 5.08. The van der Waals surface area contributed by atoms with E-state index in [4.69, 9.17) is 4.74 Å². The molecule has 2 aromatic rings. The number of rotatable bonds is 3. The Bertz CT molecular complexity index is 662. The number of fused-ring (bicyclic) bond motifs is 1. The van der Waals surface area contributed by atoms with Gasteiger partial charge in [0, 0.05) is 17.5 Å². The monoisotopic (exact) mass is 270 g/mol. The van der Waals surface area contributed by atoms with Crippen molar-refractivity contribution in [3.8, 4) is 5.75 Å². The lowest BCUT2D eigenvalue weighted by molar-refractivity contribution is 0.0994. The molecule has 0 saturated heterocycles. The van der Waals surface area contributed by atoms with E-state index in [-0.39, 0.29) is 17.3 Å². The van der Waals surface area contributed by atoms with Crippen LogP contribution in [0.4, 0.5) is 4.39 Å². The molecule has 0 unspecified atom stereocenters. The van der Waals surface area contributed by atoms with Gasteiger partial charge in [-0.1, -0.05) is 30.3 Å². The van der Waals surface area contributed by atoms with Gasteiger partial charge in [-0.05, 0) is 30.5 Å². The molecule has 0 saturated carbocycles. The normalized spacial score (nSPS) is 13.4. The van der Waals surface area contributed by atoms with E-state index in [9.17, 15) is 9.18 Å². The fraction of sp³-hybridized carbons (Fsp3) is 0.235. The average molecular weight is 270 g/mol. The van der Waals surface area contributed by atoms with Crippen molar-refractivity contribution in [1.82, 2.24) is 0 Å². The summed E-state index contributed by atoms with van der Waals surface area (Å²) in [6.45, 7) is 2.10. The van der Waals surface area contributed by atoms with Crippen LogP contribution in [0, 0.1) is 12.7 Å². The van der Waals surface area contributed by atoms with Gasteiger partial charge >= 0.3 is 0 Å². The minimum Gasteiger partial charge on any atom is -0.486 e. The molecule has 102 valence electrons. The Morgan fingerprint density at radius 1 is 1.20 bits per heavy atom. The SMILES string of the molecule is Cc1cc2c(c(F)c1OCc1ccccc1)CCC2=O. The number of carbonyl (C=O) groups is 1. The minimum atomic E-state index is -0.373. The van der Waals surface area contributed by atoms with Crippen molar-refractivity contribution in [2.75, 3.05) is 0 Å². The lowest BCUT2D eigenvalue weighted by atomic mass is 10.0. The van der Waals surface area contributed by atoms with Crippen molar-refractivity contribution >= 4 is 5.78 Å². The third kappa shape index (κ3) is 2.20. The predicted octanol–water partition coefficient (Wildman–Crippen LogP) is 3.84. The summed E-state index contributed by atoms with van der Waals surface area (Å²) in [7, 11) is 0. The van der Waals surface area contributed by atoms with Gasteiger partial charge < -0.3 is 4.74 Å². The molecule has 0 heterocycles. The van der Waals surface area contributed by atoms with Crippen LogP contribution in [-0.2, 0) is 13.0 Å². The first-order valence-electron chi connectivity index (χ1n) is 6.68. The number of halogens is 1. The van der Waals surface area contributed by atoms with Crippen LogP contribution in [0.3, 0.4) is 0 Å². The molecular formula is C17H15FO2. The van der Waals surface area contributed by atoms with E-state index in [2.05, 4.69) is 0 Å². The molecular weight excluding hydrogens is 255 g/mol. The molecule has 3 rings (SSSR count). The first-order valence-corrected chi connectivity index (χ1v) is 6.68. The topological polar surface area (TPSA) is 26.3 Å². The molecule has 1 aliphatic rings. The lowest BCUT2D eigenvalue weighted by Gasteiger charge is -2.13. The molecule has 0 N–H and O–H groups in total. The fourth-order valence-corrected chi connectivity index (χ4v) is 2.57. The van der Waals surface area contributed by atoms with Crippen molar-refractivity contribution in [1.29, 1.82) is 0 Å². The highest BCUT2D eigenvalue weighted by Gasteiger charge is 2.26. The number of ether oxygens (including phenoxy) is 1. The van der Waals surface area contributed by atoms with Gasteiger partial charge in [0.05, 0.1) is 0 Å². The van der Waals surface area contributed by atoms with Gasteiger partial charge in [0.25, 0.3) is 0 Å². The maximum Gasteiger partial charge on any atom is 0.169 e. The minimum absolute atomic E-state index is 0.0246. The summed E-state index contributed by atoms with van der Waals surface area (Å²) in [5, 5.41) is 0. The Balaban J connectivity index is 1.89. The van der Waals surface area contributed by atoms with E-state index < -0.39 is 0 Å². The molecule has 1 aliphatic carbocycles. The van der Waals surface area contributed by atoms with E-state index in [1.54, 1.807) is 13.0 Å². The molecule has 0 spiro atoms. The molecule has 2 aromatic carbocycles. The number of benzene rings is 2. The quantitative estimate of drug-likeness (QED) is 0.847. The highest BCUT2D eigenvalue weighted by atomic mass is 19.1. The number of ketones is 1. The van der Waals surface area contributed by atoms with Gasteiger partial charge in [-0.2, -0.15) is 0 Å². The van der Waals surface area contributed by atoms with Gasteiger partial charge in [-0.3, -0.25) is 4.79 Å². The van der Waals surface area contributed by atoms with Crippen molar-refractivity contribution < 1.29 is 13.9 Å². The maximum absolute atomic E-state index is 14.4. The van der Waals surface area contributed by atoms with E-state index in [0.717, 1.165) is 5.56 Å². The smallest absolute Gasteiger partial charge is 0.169 e. The van der Waals surface area contributed by atoms with Gasteiger partial charge in [-0.25, -0.2) is 4.39 Å². The van der Waals surface area contributed by atoms with Crippen molar-refractivity contribution in [2.24, 2.45) is 0 Å². The lowest BCUT2D eigenvalue weighted by Crippen LogP contribution is -2.03.